The smallest absolute Gasteiger partial charge is 0.273 e. The van der Waals surface area contributed by atoms with E-state index in [2.05, 4.69) is 5.32 Å². The highest BCUT2D eigenvalue weighted by atomic mass is 16.6. The second-order valence-electron chi connectivity index (χ2n) is 5.99. The lowest BCUT2D eigenvalue weighted by molar-refractivity contribution is -0.385. The first-order valence-electron chi connectivity index (χ1n) is 7.04. The summed E-state index contributed by atoms with van der Waals surface area (Å²) >= 11 is 0. The van der Waals surface area contributed by atoms with Crippen molar-refractivity contribution in [2.24, 2.45) is 5.41 Å². The number of nitro groups is 1. The summed E-state index contributed by atoms with van der Waals surface area (Å²) in [4.78, 5) is 22.7. The van der Waals surface area contributed by atoms with Crippen LogP contribution in [0.3, 0.4) is 0 Å². The molecule has 2 rings (SSSR count). The molecule has 6 heteroatoms. The van der Waals surface area contributed by atoms with Gasteiger partial charge in [0.25, 0.3) is 11.6 Å². The van der Waals surface area contributed by atoms with Crippen LogP contribution in [0.2, 0.25) is 0 Å². The Hall–Kier alpha value is -1.95. The van der Waals surface area contributed by atoms with Crippen molar-refractivity contribution < 1.29 is 14.8 Å². The summed E-state index contributed by atoms with van der Waals surface area (Å²) in [5, 5.41) is 23.3. The summed E-state index contributed by atoms with van der Waals surface area (Å²) in [6.45, 7) is 3.61. The number of hydrogen-bond acceptors (Lipinski definition) is 4. The average Bonchev–Trinajstić information content (AvgIpc) is 2.81. The standard InChI is InChI=1S/C15H20N2O4/c1-10-5-6-11(8-12(10)17(20)21)14(19)16-13-4-3-7-15(13,2)9-18/h5-6,8,13,18H,3-4,7,9H2,1-2H3,(H,16,19). The third-order valence-electron chi connectivity index (χ3n) is 4.42. The van der Waals surface area contributed by atoms with Gasteiger partial charge in [0, 0.05) is 28.7 Å². The van der Waals surface area contributed by atoms with Gasteiger partial charge >= 0.3 is 0 Å². The van der Waals surface area contributed by atoms with Crippen LogP contribution in [0.5, 0.6) is 0 Å². The third kappa shape index (κ3) is 3.05. The molecule has 1 aliphatic carbocycles. The van der Waals surface area contributed by atoms with E-state index in [9.17, 15) is 20.0 Å². The average molecular weight is 292 g/mol. The van der Waals surface area contributed by atoms with Crippen molar-refractivity contribution in [3.05, 3.63) is 39.4 Å². The Balaban J connectivity index is 2.18. The first kappa shape index (κ1) is 15.4. The van der Waals surface area contributed by atoms with E-state index >= 15 is 0 Å². The lowest BCUT2D eigenvalue weighted by Gasteiger charge is -2.30. The number of carbonyl (C=O) groups is 1. The van der Waals surface area contributed by atoms with Gasteiger partial charge in [-0.15, -0.1) is 0 Å². The SMILES string of the molecule is Cc1ccc(C(=O)NC2CCCC2(C)CO)cc1[N+](=O)[O-]. The number of hydrogen-bond donors (Lipinski definition) is 2. The number of nitro benzene ring substituents is 1. The van der Waals surface area contributed by atoms with Crippen LogP contribution in [0.15, 0.2) is 18.2 Å². The molecule has 0 spiro atoms. The summed E-state index contributed by atoms with van der Waals surface area (Å²) in [5.41, 5.74) is 0.433. The predicted molar refractivity (Wildman–Crippen MR) is 78.1 cm³/mol. The number of aliphatic hydroxyl groups excluding tert-OH is 1. The van der Waals surface area contributed by atoms with Crippen molar-refractivity contribution in [3.63, 3.8) is 0 Å². The zero-order valence-electron chi connectivity index (χ0n) is 12.3. The fourth-order valence-corrected chi connectivity index (χ4v) is 2.86. The molecule has 1 amide bonds. The summed E-state index contributed by atoms with van der Waals surface area (Å²) in [7, 11) is 0. The van der Waals surface area contributed by atoms with Crippen LogP contribution < -0.4 is 5.32 Å². The number of rotatable bonds is 4. The van der Waals surface area contributed by atoms with E-state index in [1.165, 1.54) is 6.07 Å². The third-order valence-corrected chi connectivity index (χ3v) is 4.42. The molecule has 21 heavy (non-hydrogen) atoms. The van der Waals surface area contributed by atoms with Crippen molar-refractivity contribution in [1.29, 1.82) is 0 Å². The molecule has 1 saturated carbocycles. The Kier molecular flexibility index (Phi) is 4.27. The maximum atomic E-state index is 12.3. The van der Waals surface area contributed by atoms with Gasteiger partial charge in [0.15, 0.2) is 0 Å². The molecule has 0 bridgehead atoms. The zero-order chi connectivity index (χ0) is 15.6. The highest BCUT2D eigenvalue weighted by Gasteiger charge is 2.39. The largest absolute Gasteiger partial charge is 0.396 e. The fraction of sp³-hybridized carbons (Fsp3) is 0.533. The number of aliphatic hydroxyl groups is 1. The quantitative estimate of drug-likeness (QED) is 0.657. The van der Waals surface area contributed by atoms with Crippen LogP contribution in [-0.4, -0.2) is 28.6 Å². The summed E-state index contributed by atoms with van der Waals surface area (Å²) in [5.74, 6) is -0.329. The Morgan fingerprint density at radius 3 is 2.90 bits per heavy atom. The number of amides is 1. The first-order valence-corrected chi connectivity index (χ1v) is 7.04. The molecule has 2 N–H and O–H groups in total. The van der Waals surface area contributed by atoms with Crippen molar-refractivity contribution in [2.45, 2.75) is 39.2 Å². The maximum absolute atomic E-state index is 12.3. The molecule has 2 atom stereocenters. The molecule has 0 aromatic heterocycles. The van der Waals surface area contributed by atoms with Gasteiger partial charge in [0.2, 0.25) is 0 Å². The van der Waals surface area contributed by atoms with E-state index in [0.717, 1.165) is 19.3 Å². The van der Waals surface area contributed by atoms with Crippen LogP contribution in [0.25, 0.3) is 0 Å². The minimum Gasteiger partial charge on any atom is -0.396 e. The maximum Gasteiger partial charge on any atom is 0.273 e. The molecule has 6 nitrogen and oxygen atoms in total. The van der Waals surface area contributed by atoms with Gasteiger partial charge in [0.05, 0.1) is 11.5 Å². The Morgan fingerprint density at radius 1 is 1.57 bits per heavy atom. The van der Waals surface area contributed by atoms with Crippen molar-refractivity contribution in [2.75, 3.05) is 6.61 Å². The van der Waals surface area contributed by atoms with Gasteiger partial charge in [-0.3, -0.25) is 14.9 Å². The molecule has 2 unspecified atom stereocenters. The molecular formula is C15H20N2O4. The van der Waals surface area contributed by atoms with Gasteiger partial charge in [-0.2, -0.15) is 0 Å². The second kappa shape index (κ2) is 5.81. The molecule has 0 heterocycles. The molecule has 1 aliphatic rings. The minimum atomic E-state index is -0.487. The molecule has 0 saturated heterocycles. The van der Waals surface area contributed by atoms with Gasteiger partial charge < -0.3 is 10.4 Å². The lowest BCUT2D eigenvalue weighted by atomic mass is 9.85. The number of benzene rings is 1. The normalized spacial score (nSPS) is 24.8. The molecule has 1 fully saturated rings. The van der Waals surface area contributed by atoms with Crippen molar-refractivity contribution in [3.8, 4) is 0 Å². The van der Waals surface area contributed by atoms with Gasteiger partial charge in [-0.05, 0) is 25.8 Å². The van der Waals surface area contributed by atoms with E-state index in [0.29, 0.717) is 5.56 Å². The monoisotopic (exact) mass is 292 g/mol. The lowest BCUT2D eigenvalue weighted by Crippen LogP contribution is -2.44. The molecule has 0 aliphatic heterocycles. The van der Waals surface area contributed by atoms with Crippen LogP contribution >= 0.6 is 0 Å². The van der Waals surface area contributed by atoms with Crippen LogP contribution in [-0.2, 0) is 0 Å². The molecule has 0 radical (unpaired) electrons. The summed E-state index contributed by atoms with van der Waals surface area (Å²) in [6, 6.07) is 4.36. The Morgan fingerprint density at radius 2 is 2.29 bits per heavy atom. The summed E-state index contributed by atoms with van der Waals surface area (Å²) < 4.78 is 0. The molecular weight excluding hydrogens is 272 g/mol. The van der Waals surface area contributed by atoms with Crippen LogP contribution in [0.1, 0.15) is 42.1 Å². The number of carbonyl (C=O) groups excluding carboxylic acids is 1. The van der Waals surface area contributed by atoms with E-state index in [4.69, 9.17) is 0 Å². The molecule has 114 valence electrons. The first-order chi connectivity index (χ1) is 9.87. The van der Waals surface area contributed by atoms with E-state index < -0.39 is 4.92 Å². The number of aryl methyl sites for hydroxylation is 1. The zero-order valence-corrected chi connectivity index (χ0v) is 12.3. The van der Waals surface area contributed by atoms with Crippen molar-refractivity contribution >= 4 is 11.6 Å². The van der Waals surface area contributed by atoms with E-state index in [-0.39, 0.29) is 35.2 Å². The van der Waals surface area contributed by atoms with E-state index in [1.807, 2.05) is 6.92 Å². The van der Waals surface area contributed by atoms with E-state index in [1.54, 1.807) is 19.1 Å². The predicted octanol–water partition coefficient (Wildman–Crippen LogP) is 2.18. The highest BCUT2D eigenvalue weighted by molar-refractivity contribution is 5.95. The van der Waals surface area contributed by atoms with Gasteiger partial charge in [-0.1, -0.05) is 19.4 Å². The van der Waals surface area contributed by atoms with Gasteiger partial charge in [-0.25, -0.2) is 0 Å². The minimum absolute atomic E-state index is 0.0198. The van der Waals surface area contributed by atoms with Crippen LogP contribution in [0.4, 0.5) is 5.69 Å². The molecule has 1 aromatic carbocycles. The summed E-state index contributed by atoms with van der Waals surface area (Å²) in [6.07, 6.45) is 2.63. The second-order valence-corrected chi connectivity index (χ2v) is 5.99. The fourth-order valence-electron chi connectivity index (χ4n) is 2.86. The number of nitrogens with zero attached hydrogens (tertiary/aromatic N) is 1. The van der Waals surface area contributed by atoms with Gasteiger partial charge in [0.1, 0.15) is 0 Å². The highest BCUT2D eigenvalue weighted by Crippen LogP contribution is 2.37. The topological polar surface area (TPSA) is 92.5 Å². The van der Waals surface area contributed by atoms with Crippen molar-refractivity contribution in [1.82, 2.24) is 5.32 Å². The number of nitrogens with one attached hydrogen (secondary N) is 1. The Bertz CT molecular complexity index is 573. The Labute approximate surface area is 123 Å². The molecule has 1 aromatic rings. The van der Waals surface area contributed by atoms with Crippen LogP contribution in [0, 0.1) is 22.5 Å².